The Hall–Kier alpha value is -1.88. The zero-order chi connectivity index (χ0) is 17.9. The lowest BCUT2D eigenvalue weighted by Crippen LogP contribution is -2.44. The Bertz CT molecular complexity index is 501. The molecule has 0 aliphatic heterocycles. The first-order valence-corrected chi connectivity index (χ1v) is 8.42. The Morgan fingerprint density at radius 1 is 1.12 bits per heavy atom. The number of benzene rings is 1. The predicted molar refractivity (Wildman–Crippen MR) is 93.5 cm³/mol. The molecule has 24 heavy (non-hydrogen) atoms. The second-order valence-electron chi connectivity index (χ2n) is 6.42. The van der Waals surface area contributed by atoms with E-state index >= 15 is 0 Å². The molecular formula is C19H29NO4. The number of hydrogen-bond donors (Lipinski definition) is 1. The second-order valence-corrected chi connectivity index (χ2v) is 6.42. The number of carbonyl (C=O) groups is 2. The van der Waals surface area contributed by atoms with E-state index in [-0.39, 0.29) is 12.5 Å². The van der Waals surface area contributed by atoms with Gasteiger partial charge in [-0.3, -0.25) is 4.79 Å². The summed E-state index contributed by atoms with van der Waals surface area (Å²) in [6.45, 7) is 6.72. The normalized spacial score (nSPS) is 13.4. The molecule has 1 rings (SSSR count). The van der Waals surface area contributed by atoms with E-state index in [0.717, 1.165) is 12.0 Å². The van der Waals surface area contributed by atoms with Crippen LogP contribution in [0.4, 0.5) is 0 Å². The van der Waals surface area contributed by atoms with Crippen molar-refractivity contribution in [3.63, 3.8) is 0 Å². The van der Waals surface area contributed by atoms with Crippen molar-refractivity contribution in [2.24, 2.45) is 11.8 Å². The van der Waals surface area contributed by atoms with Crippen LogP contribution >= 0.6 is 0 Å². The van der Waals surface area contributed by atoms with Gasteiger partial charge in [-0.15, -0.1) is 0 Å². The summed E-state index contributed by atoms with van der Waals surface area (Å²) in [6, 6.07) is 8.85. The van der Waals surface area contributed by atoms with Crippen LogP contribution in [-0.2, 0) is 25.5 Å². The van der Waals surface area contributed by atoms with Crippen LogP contribution in [0.15, 0.2) is 30.3 Å². The summed E-state index contributed by atoms with van der Waals surface area (Å²) >= 11 is 0. The van der Waals surface area contributed by atoms with E-state index < -0.39 is 12.0 Å². The molecule has 0 spiro atoms. The van der Waals surface area contributed by atoms with Crippen molar-refractivity contribution in [2.45, 2.75) is 39.7 Å². The summed E-state index contributed by atoms with van der Waals surface area (Å²) in [5.74, 6) is 0.295. The first kappa shape index (κ1) is 20.2. The summed E-state index contributed by atoms with van der Waals surface area (Å²) in [6.07, 6.45) is 1.21. The molecular weight excluding hydrogens is 306 g/mol. The third-order valence-electron chi connectivity index (χ3n) is 4.13. The summed E-state index contributed by atoms with van der Waals surface area (Å²) < 4.78 is 10.2. The predicted octanol–water partition coefficient (Wildman–Crippen LogP) is 2.59. The highest BCUT2D eigenvalue weighted by molar-refractivity contribution is 5.85. The second kappa shape index (κ2) is 10.8. The SMILES string of the molecule is COCC(=O)NC(Cc1ccccc1)C(=O)OCCC(C)C(C)C. The summed E-state index contributed by atoms with van der Waals surface area (Å²) in [4.78, 5) is 24.1. The van der Waals surface area contributed by atoms with Gasteiger partial charge in [-0.25, -0.2) is 4.79 Å². The number of amides is 1. The van der Waals surface area contributed by atoms with Crippen molar-refractivity contribution in [3.05, 3.63) is 35.9 Å². The van der Waals surface area contributed by atoms with Crippen molar-refractivity contribution in [3.8, 4) is 0 Å². The third kappa shape index (κ3) is 7.59. The van der Waals surface area contributed by atoms with Crippen molar-refractivity contribution >= 4 is 11.9 Å². The van der Waals surface area contributed by atoms with Crippen molar-refractivity contribution < 1.29 is 19.1 Å². The van der Waals surface area contributed by atoms with Gasteiger partial charge in [0.25, 0.3) is 0 Å². The average Bonchev–Trinajstić information content (AvgIpc) is 2.55. The third-order valence-corrected chi connectivity index (χ3v) is 4.13. The van der Waals surface area contributed by atoms with Crippen LogP contribution in [0, 0.1) is 11.8 Å². The van der Waals surface area contributed by atoms with Crippen LogP contribution in [-0.4, -0.2) is 38.2 Å². The van der Waals surface area contributed by atoms with Gasteiger partial charge in [-0.05, 0) is 23.8 Å². The molecule has 0 fully saturated rings. The zero-order valence-electron chi connectivity index (χ0n) is 15.1. The molecule has 1 amide bonds. The number of nitrogens with one attached hydrogen (secondary N) is 1. The molecule has 1 aromatic rings. The fourth-order valence-electron chi connectivity index (χ4n) is 2.19. The van der Waals surface area contributed by atoms with Gasteiger partial charge in [0, 0.05) is 13.5 Å². The minimum atomic E-state index is -0.704. The molecule has 2 atom stereocenters. The van der Waals surface area contributed by atoms with E-state index in [4.69, 9.17) is 9.47 Å². The highest BCUT2D eigenvalue weighted by Crippen LogP contribution is 2.14. The largest absolute Gasteiger partial charge is 0.464 e. The summed E-state index contributed by atoms with van der Waals surface area (Å²) in [5.41, 5.74) is 0.965. The minimum absolute atomic E-state index is 0.0804. The molecule has 134 valence electrons. The maximum atomic E-state index is 12.4. The standard InChI is InChI=1S/C19H29NO4/c1-14(2)15(3)10-11-24-19(22)17(20-18(21)13-23-4)12-16-8-6-5-7-9-16/h5-9,14-15,17H,10-13H2,1-4H3,(H,20,21). The highest BCUT2D eigenvalue weighted by Gasteiger charge is 2.23. The minimum Gasteiger partial charge on any atom is -0.464 e. The zero-order valence-corrected chi connectivity index (χ0v) is 15.1. The van der Waals surface area contributed by atoms with Crippen molar-refractivity contribution in [2.75, 3.05) is 20.3 Å². The van der Waals surface area contributed by atoms with Crippen LogP contribution in [0.1, 0.15) is 32.8 Å². The first-order chi connectivity index (χ1) is 11.4. The van der Waals surface area contributed by atoms with Gasteiger partial charge in [0.2, 0.25) is 5.91 Å². The Morgan fingerprint density at radius 2 is 1.79 bits per heavy atom. The van der Waals surface area contributed by atoms with Crippen LogP contribution in [0.2, 0.25) is 0 Å². The van der Waals surface area contributed by atoms with E-state index in [1.54, 1.807) is 0 Å². The van der Waals surface area contributed by atoms with Gasteiger partial charge in [-0.2, -0.15) is 0 Å². The summed E-state index contributed by atoms with van der Waals surface area (Å²) in [7, 11) is 1.44. The van der Waals surface area contributed by atoms with Crippen LogP contribution < -0.4 is 5.32 Å². The number of esters is 1. The molecule has 1 aromatic carbocycles. The molecule has 0 bridgehead atoms. The van der Waals surface area contributed by atoms with Gasteiger partial charge in [-0.1, -0.05) is 51.1 Å². The number of ether oxygens (including phenoxy) is 2. The van der Waals surface area contributed by atoms with E-state index in [0.29, 0.717) is 24.9 Å². The van der Waals surface area contributed by atoms with Crippen LogP contribution in [0.5, 0.6) is 0 Å². The fourth-order valence-corrected chi connectivity index (χ4v) is 2.19. The Kier molecular flexibility index (Phi) is 9.08. The van der Waals surface area contributed by atoms with Gasteiger partial charge in [0.05, 0.1) is 6.61 Å². The molecule has 0 aliphatic carbocycles. The lowest BCUT2D eigenvalue weighted by molar-refractivity contribution is -0.148. The molecule has 0 aromatic heterocycles. The van der Waals surface area contributed by atoms with Crippen molar-refractivity contribution in [1.29, 1.82) is 0 Å². The molecule has 5 heteroatoms. The number of rotatable bonds is 10. The fraction of sp³-hybridized carbons (Fsp3) is 0.579. The van der Waals surface area contributed by atoms with Gasteiger partial charge in [0.15, 0.2) is 0 Å². The van der Waals surface area contributed by atoms with Gasteiger partial charge < -0.3 is 14.8 Å². The summed E-state index contributed by atoms with van der Waals surface area (Å²) in [5, 5.41) is 2.69. The van der Waals surface area contributed by atoms with Gasteiger partial charge in [0.1, 0.15) is 12.6 Å². The van der Waals surface area contributed by atoms with E-state index in [1.807, 2.05) is 30.3 Å². The van der Waals surface area contributed by atoms with Crippen molar-refractivity contribution in [1.82, 2.24) is 5.32 Å². The molecule has 0 aliphatic rings. The lowest BCUT2D eigenvalue weighted by atomic mass is 9.95. The Morgan fingerprint density at radius 3 is 2.38 bits per heavy atom. The van der Waals surface area contributed by atoms with Crippen LogP contribution in [0.25, 0.3) is 0 Å². The molecule has 0 saturated heterocycles. The van der Waals surface area contributed by atoms with Gasteiger partial charge >= 0.3 is 5.97 Å². The molecule has 0 saturated carbocycles. The molecule has 1 N–H and O–H groups in total. The number of carbonyl (C=O) groups excluding carboxylic acids is 2. The smallest absolute Gasteiger partial charge is 0.328 e. The lowest BCUT2D eigenvalue weighted by Gasteiger charge is -2.19. The molecule has 0 radical (unpaired) electrons. The number of methoxy groups -OCH3 is 1. The quantitative estimate of drug-likeness (QED) is 0.668. The Labute approximate surface area is 144 Å². The Balaban J connectivity index is 2.62. The topological polar surface area (TPSA) is 64.6 Å². The van der Waals surface area contributed by atoms with E-state index in [2.05, 4.69) is 26.1 Å². The first-order valence-electron chi connectivity index (χ1n) is 8.42. The monoisotopic (exact) mass is 335 g/mol. The maximum absolute atomic E-state index is 12.4. The maximum Gasteiger partial charge on any atom is 0.328 e. The van der Waals surface area contributed by atoms with Crippen LogP contribution in [0.3, 0.4) is 0 Å². The highest BCUT2D eigenvalue weighted by atomic mass is 16.5. The average molecular weight is 335 g/mol. The number of hydrogen-bond acceptors (Lipinski definition) is 4. The molecule has 0 heterocycles. The molecule has 5 nitrogen and oxygen atoms in total. The molecule has 2 unspecified atom stereocenters. The van der Waals surface area contributed by atoms with E-state index in [9.17, 15) is 9.59 Å². The van der Waals surface area contributed by atoms with E-state index in [1.165, 1.54) is 7.11 Å².